The first kappa shape index (κ1) is 18.4. The minimum atomic E-state index is -0.374. The smallest absolute Gasteiger partial charge is 0.291 e. The lowest BCUT2D eigenvalue weighted by Gasteiger charge is -2.10. The quantitative estimate of drug-likeness (QED) is 0.526. The predicted octanol–water partition coefficient (Wildman–Crippen LogP) is 4.78. The molecule has 0 aliphatic heterocycles. The maximum absolute atomic E-state index is 13.4. The van der Waals surface area contributed by atoms with Gasteiger partial charge in [-0.25, -0.2) is 4.39 Å². The van der Waals surface area contributed by atoms with Crippen molar-refractivity contribution in [2.24, 2.45) is 0 Å². The summed E-state index contributed by atoms with van der Waals surface area (Å²) < 4.78 is 18.4. The Bertz CT molecular complexity index is 1200. The number of nitrogens with zero attached hydrogens (tertiary/aromatic N) is 1. The van der Waals surface area contributed by atoms with Gasteiger partial charge in [-0.15, -0.1) is 0 Å². The minimum Gasteiger partial charge on any atom is -0.459 e. The number of amides is 2. The average molecular weight is 389 g/mol. The van der Waals surface area contributed by atoms with Crippen molar-refractivity contribution in [1.29, 1.82) is 0 Å². The molecule has 0 aliphatic carbocycles. The lowest BCUT2D eigenvalue weighted by molar-refractivity contribution is 0.0994. The van der Waals surface area contributed by atoms with Gasteiger partial charge in [0.2, 0.25) is 0 Å². The second-order valence-electron chi connectivity index (χ2n) is 6.42. The number of carbonyl (C=O) groups excluding carboxylic acids is 2. The fourth-order valence-electron chi connectivity index (χ4n) is 2.90. The first-order valence-electron chi connectivity index (χ1n) is 8.83. The van der Waals surface area contributed by atoms with Crippen molar-refractivity contribution in [3.05, 3.63) is 89.8 Å². The van der Waals surface area contributed by atoms with Crippen LogP contribution in [0.2, 0.25) is 0 Å². The Morgan fingerprint density at radius 3 is 2.28 bits per heavy atom. The highest BCUT2D eigenvalue weighted by atomic mass is 19.1. The molecule has 29 heavy (non-hydrogen) atoms. The van der Waals surface area contributed by atoms with Crippen molar-refractivity contribution in [1.82, 2.24) is 4.98 Å². The van der Waals surface area contributed by atoms with Gasteiger partial charge >= 0.3 is 0 Å². The highest BCUT2D eigenvalue weighted by molar-refractivity contribution is 6.07. The van der Waals surface area contributed by atoms with Gasteiger partial charge in [-0.05, 0) is 61.5 Å². The third kappa shape index (κ3) is 3.98. The molecule has 0 fully saturated rings. The summed E-state index contributed by atoms with van der Waals surface area (Å²) in [6.45, 7) is 1.70. The van der Waals surface area contributed by atoms with E-state index in [2.05, 4.69) is 15.6 Å². The van der Waals surface area contributed by atoms with E-state index >= 15 is 0 Å². The highest BCUT2D eigenvalue weighted by Gasteiger charge is 2.13. The second kappa shape index (κ2) is 7.55. The topological polar surface area (TPSA) is 84.2 Å². The fraction of sp³-hybridized carbons (Fsp3) is 0.0455. The lowest BCUT2D eigenvalue weighted by atomic mass is 10.1. The van der Waals surface area contributed by atoms with Crippen LogP contribution < -0.4 is 10.6 Å². The number of benzene rings is 2. The molecule has 0 atom stereocenters. The van der Waals surface area contributed by atoms with Crippen molar-refractivity contribution in [2.45, 2.75) is 6.92 Å². The number of nitrogens with one attached hydrogen (secondary N) is 2. The van der Waals surface area contributed by atoms with Gasteiger partial charge in [-0.3, -0.25) is 14.6 Å². The number of anilines is 2. The van der Waals surface area contributed by atoms with Crippen LogP contribution in [0.3, 0.4) is 0 Å². The zero-order valence-corrected chi connectivity index (χ0v) is 15.4. The summed E-state index contributed by atoms with van der Waals surface area (Å²) in [5, 5.41) is 6.18. The summed E-state index contributed by atoms with van der Waals surface area (Å²) in [7, 11) is 0. The number of hydrogen-bond donors (Lipinski definition) is 2. The summed E-state index contributed by atoms with van der Waals surface area (Å²) >= 11 is 0. The van der Waals surface area contributed by atoms with E-state index in [-0.39, 0.29) is 23.4 Å². The third-order valence-electron chi connectivity index (χ3n) is 4.36. The molecular weight excluding hydrogens is 373 g/mol. The number of aromatic nitrogens is 1. The fourth-order valence-corrected chi connectivity index (χ4v) is 2.90. The van der Waals surface area contributed by atoms with Crippen LogP contribution in [0.25, 0.3) is 10.9 Å². The molecule has 0 saturated heterocycles. The van der Waals surface area contributed by atoms with Gasteiger partial charge in [0.1, 0.15) is 5.82 Å². The molecule has 0 unspecified atom stereocenters. The Morgan fingerprint density at radius 1 is 0.931 bits per heavy atom. The lowest BCUT2D eigenvalue weighted by Crippen LogP contribution is -2.14. The maximum atomic E-state index is 13.4. The first-order valence-corrected chi connectivity index (χ1v) is 8.83. The first-order chi connectivity index (χ1) is 14.0. The molecule has 0 spiro atoms. The standard InChI is InChI=1S/C22H16FN3O3/c1-13-18(11-14-4-5-15(23)12-19(14)24-13)21(27)25-16-6-8-17(9-7-16)26-22(28)20-3-2-10-29-20/h2-12H,1H3,(H,25,27)(H,26,28). The number of hydrogen-bond acceptors (Lipinski definition) is 4. The molecule has 6 nitrogen and oxygen atoms in total. The third-order valence-corrected chi connectivity index (χ3v) is 4.36. The van der Waals surface area contributed by atoms with Crippen LogP contribution in [0.1, 0.15) is 26.6 Å². The van der Waals surface area contributed by atoms with Crippen LogP contribution >= 0.6 is 0 Å². The monoisotopic (exact) mass is 389 g/mol. The second-order valence-corrected chi connectivity index (χ2v) is 6.42. The minimum absolute atomic E-state index is 0.210. The largest absolute Gasteiger partial charge is 0.459 e. The molecule has 4 rings (SSSR count). The summed E-state index contributed by atoms with van der Waals surface area (Å²) in [6, 6.07) is 15.8. The number of fused-ring (bicyclic) bond motifs is 1. The summed E-state index contributed by atoms with van der Waals surface area (Å²) in [5.41, 5.74) is 2.53. The molecule has 2 amide bonds. The number of furan rings is 1. The van der Waals surface area contributed by atoms with E-state index in [9.17, 15) is 14.0 Å². The Morgan fingerprint density at radius 2 is 1.62 bits per heavy atom. The van der Waals surface area contributed by atoms with E-state index in [1.54, 1.807) is 55.5 Å². The van der Waals surface area contributed by atoms with E-state index < -0.39 is 0 Å². The summed E-state index contributed by atoms with van der Waals surface area (Å²) in [4.78, 5) is 29.0. The van der Waals surface area contributed by atoms with Crippen LogP contribution in [0.5, 0.6) is 0 Å². The van der Waals surface area contributed by atoms with Crippen LogP contribution in [-0.4, -0.2) is 16.8 Å². The molecule has 2 heterocycles. The van der Waals surface area contributed by atoms with Gasteiger partial charge in [0.25, 0.3) is 11.8 Å². The van der Waals surface area contributed by atoms with Crippen LogP contribution in [0.15, 0.2) is 71.3 Å². The molecule has 2 N–H and O–H groups in total. The zero-order valence-electron chi connectivity index (χ0n) is 15.4. The maximum Gasteiger partial charge on any atom is 0.291 e. The molecule has 7 heteroatoms. The molecule has 2 aromatic heterocycles. The van der Waals surface area contributed by atoms with Crippen LogP contribution in [-0.2, 0) is 0 Å². The van der Waals surface area contributed by atoms with Gasteiger partial charge in [0.05, 0.1) is 23.0 Å². The van der Waals surface area contributed by atoms with E-state index in [0.717, 1.165) is 0 Å². The molecule has 4 aromatic rings. The van der Waals surface area contributed by atoms with Crippen molar-refractivity contribution in [3.8, 4) is 0 Å². The van der Waals surface area contributed by atoms with E-state index in [4.69, 9.17) is 4.42 Å². The summed E-state index contributed by atoms with van der Waals surface area (Å²) in [6.07, 6.45) is 1.42. The number of rotatable bonds is 4. The normalized spacial score (nSPS) is 10.7. The van der Waals surface area contributed by atoms with Crippen molar-refractivity contribution in [3.63, 3.8) is 0 Å². The number of pyridine rings is 1. The SMILES string of the molecule is Cc1nc2cc(F)ccc2cc1C(=O)Nc1ccc(NC(=O)c2ccco2)cc1. The van der Waals surface area contributed by atoms with Crippen molar-refractivity contribution >= 4 is 34.1 Å². The van der Waals surface area contributed by atoms with Crippen LogP contribution in [0.4, 0.5) is 15.8 Å². The molecule has 2 aromatic carbocycles. The number of aryl methyl sites for hydroxylation is 1. The molecule has 0 bridgehead atoms. The Kier molecular flexibility index (Phi) is 4.78. The van der Waals surface area contributed by atoms with E-state index in [1.807, 2.05) is 0 Å². The van der Waals surface area contributed by atoms with Gasteiger partial charge in [-0.2, -0.15) is 0 Å². The molecule has 0 radical (unpaired) electrons. The Balaban J connectivity index is 1.48. The number of halogens is 1. The molecule has 144 valence electrons. The molecule has 0 aliphatic rings. The molecule has 0 saturated carbocycles. The van der Waals surface area contributed by atoms with Gasteiger partial charge in [0, 0.05) is 22.8 Å². The summed E-state index contributed by atoms with van der Waals surface area (Å²) in [5.74, 6) is -0.850. The molecular formula is C22H16FN3O3. The Labute approximate surface area is 165 Å². The van der Waals surface area contributed by atoms with Crippen LogP contribution in [0, 0.1) is 12.7 Å². The van der Waals surface area contributed by atoms with Gasteiger partial charge in [-0.1, -0.05) is 0 Å². The highest BCUT2D eigenvalue weighted by Crippen LogP contribution is 2.20. The van der Waals surface area contributed by atoms with E-state index in [1.165, 1.54) is 18.4 Å². The van der Waals surface area contributed by atoms with Crippen molar-refractivity contribution < 1.29 is 18.4 Å². The zero-order chi connectivity index (χ0) is 20.4. The average Bonchev–Trinajstić information content (AvgIpc) is 3.24. The van der Waals surface area contributed by atoms with E-state index in [0.29, 0.717) is 33.5 Å². The Hall–Kier alpha value is -4.00. The predicted molar refractivity (Wildman–Crippen MR) is 107 cm³/mol. The van der Waals surface area contributed by atoms with Gasteiger partial charge in [0.15, 0.2) is 5.76 Å². The number of carbonyl (C=O) groups is 2. The van der Waals surface area contributed by atoms with Gasteiger partial charge < -0.3 is 15.1 Å². The van der Waals surface area contributed by atoms with Crippen molar-refractivity contribution in [2.75, 3.05) is 10.6 Å².